The first-order valence-electron chi connectivity index (χ1n) is 17.1. The number of aliphatic hydroxyl groups is 1. The molecule has 17 nitrogen and oxygen atoms in total. The van der Waals surface area contributed by atoms with Gasteiger partial charge in [0.25, 0.3) is 5.91 Å². The largest absolute Gasteiger partial charge is 0.493 e. The van der Waals surface area contributed by atoms with E-state index in [9.17, 15) is 18.7 Å². The van der Waals surface area contributed by atoms with Crippen molar-refractivity contribution >= 4 is 28.6 Å². The molecular formula is C36H37F2N11O6. The highest BCUT2D eigenvalue weighted by Crippen LogP contribution is 2.35. The molecule has 0 spiro atoms. The number of ether oxygens (including phenoxy) is 4. The first-order valence-corrected chi connectivity index (χ1v) is 17.1. The zero-order chi connectivity index (χ0) is 38.5. The summed E-state index contributed by atoms with van der Waals surface area (Å²) in [6.45, 7) is 2.25. The number of aromatic nitrogens is 8. The van der Waals surface area contributed by atoms with Crippen LogP contribution in [0.2, 0.25) is 0 Å². The van der Waals surface area contributed by atoms with Crippen molar-refractivity contribution < 1.29 is 37.6 Å². The number of rotatable bonds is 9. The van der Waals surface area contributed by atoms with Crippen molar-refractivity contribution in [2.75, 3.05) is 57.6 Å². The van der Waals surface area contributed by atoms with E-state index in [1.807, 2.05) is 23.1 Å². The van der Waals surface area contributed by atoms with E-state index in [4.69, 9.17) is 24.7 Å². The van der Waals surface area contributed by atoms with Crippen LogP contribution in [-0.2, 0) is 23.5 Å². The first kappa shape index (κ1) is 36.7. The van der Waals surface area contributed by atoms with Crippen molar-refractivity contribution in [2.45, 2.75) is 24.8 Å². The number of carbonyl (C=O) groups is 1. The Labute approximate surface area is 312 Å². The van der Waals surface area contributed by atoms with Gasteiger partial charge in [-0.2, -0.15) is 15.2 Å². The van der Waals surface area contributed by atoms with Gasteiger partial charge in [-0.15, -0.1) is 0 Å². The molecule has 2 aliphatic rings. The van der Waals surface area contributed by atoms with Gasteiger partial charge in [0, 0.05) is 49.3 Å². The molecule has 8 rings (SSSR count). The SMILES string of the molecule is COc1cc2nc(N3CCN(C(=O)C4COc5ccccc5O4)CC3)nc(N)c2cc1OC.OC(Cn1cncn1)(Cn1cncn1)c1ccc(F)cc1F. The highest BCUT2D eigenvalue weighted by atomic mass is 19.1. The number of fused-ring (bicyclic) bond motifs is 2. The minimum atomic E-state index is -1.70. The predicted molar refractivity (Wildman–Crippen MR) is 192 cm³/mol. The maximum atomic E-state index is 14.1. The molecule has 3 aromatic carbocycles. The highest BCUT2D eigenvalue weighted by Gasteiger charge is 2.35. The van der Waals surface area contributed by atoms with Gasteiger partial charge in [-0.1, -0.05) is 18.2 Å². The van der Waals surface area contributed by atoms with Gasteiger partial charge in [0.2, 0.25) is 12.1 Å². The fourth-order valence-electron chi connectivity index (χ4n) is 6.33. The van der Waals surface area contributed by atoms with Crippen molar-refractivity contribution in [1.29, 1.82) is 0 Å². The number of para-hydroxylation sites is 2. The van der Waals surface area contributed by atoms with Gasteiger partial charge in [-0.25, -0.2) is 33.1 Å². The first-order chi connectivity index (χ1) is 26.6. The third kappa shape index (κ3) is 8.00. The second-order valence-electron chi connectivity index (χ2n) is 12.7. The smallest absolute Gasteiger partial charge is 0.267 e. The van der Waals surface area contributed by atoms with Crippen LogP contribution >= 0.6 is 0 Å². The molecule has 19 heteroatoms. The molecule has 1 unspecified atom stereocenters. The van der Waals surface area contributed by atoms with E-state index in [1.54, 1.807) is 37.3 Å². The summed E-state index contributed by atoms with van der Waals surface area (Å²) in [7, 11) is 3.14. The quantitative estimate of drug-likeness (QED) is 0.218. The minimum Gasteiger partial charge on any atom is -0.493 e. The molecule has 0 bridgehead atoms. The highest BCUT2D eigenvalue weighted by molar-refractivity contribution is 5.91. The van der Waals surface area contributed by atoms with Crippen molar-refractivity contribution in [3.05, 3.63) is 97.1 Å². The maximum absolute atomic E-state index is 14.1. The van der Waals surface area contributed by atoms with Crippen LogP contribution in [0.5, 0.6) is 23.0 Å². The molecular weight excluding hydrogens is 720 g/mol. The second kappa shape index (κ2) is 15.8. The van der Waals surface area contributed by atoms with Crippen molar-refractivity contribution in [2.24, 2.45) is 0 Å². The molecule has 1 atom stereocenters. The van der Waals surface area contributed by atoms with Gasteiger partial charge in [0.05, 0.1) is 32.8 Å². The fraction of sp³-hybridized carbons (Fsp3) is 0.306. The number of hydrogen-bond acceptors (Lipinski definition) is 14. The Balaban J connectivity index is 0.000000184. The summed E-state index contributed by atoms with van der Waals surface area (Å²) in [6, 6.07) is 13.9. The normalized spacial score (nSPS) is 15.3. The molecule has 2 aliphatic heterocycles. The third-order valence-corrected chi connectivity index (χ3v) is 9.09. The van der Waals surface area contributed by atoms with E-state index < -0.39 is 23.3 Å². The molecule has 0 radical (unpaired) electrons. The Morgan fingerprint density at radius 2 is 1.56 bits per heavy atom. The molecule has 55 heavy (non-hydrogen) atoms. The molecule has 3 N–H and O–H groups in total. The molecule has 1 fully saturated rings. The van der Waals surface area contributed by atoms with E-state index in [0.29, 0.717) is 71.8 Å². The van der Waals surface area contributed by atoms with Crippen LogP contribution in [0.3, 0.4) is 0 Å². The summed E-state index contributed by atoms with van der Waals surface area (Å²) < 4.78 is 52.2. The average molecular weight is 758 g/mol. The van der Waals surface area contributed by atoms with Gasteiger partial charge in [0.1, 0.15) is 55.0 Å². The van der Waals surface area contributed by atoms with E-state index in [-0.39, 0.29) is 31.2 Å². The number of nitrogen functional groups attached to an aromatic ring is 1. The lowest BCUT2D eigenvalue weighted by molar-refractivity contribution is -0.141. The van der Waals surface area contributed by atoms with Crippen molar-refractivity contribution in [3.63, 3.8) is 0 Å². The number of nitrogens with two attached hydrogens (primary N) is 1. The van der Waals surface area contributed by atoms with Gasteiger partial charge >= 0.3 is 0 Å². The average Bonchev–Trinajstić information content (AvgIpc) is 3.92. The lowest BCUT2D eigenvalue weighted by Gasteiger charge is -2.37. The summed E-state index contributed by atoms with van der Waals surface area (Å²) in [5.74, 6) is 1.62. The maximum Gasteiger partial charge on any atom is 0.267 e. The number of hydrogen-bond donors (Lipinski definition) is 2. The molecule has 3 aromatic heterocycles. The minimum absolute atomic E-state index is 0.0556. The third-order valence-electron chi connectivity index (χ3n) is 9.09. The van der Waals surface area contributed by atoms with Gasteiger partial charge in [0.15, 0.2) is 23.0 Å². The Bertz CT molecular complexity index is 2220. The number of carbonyl (C=O) groups excluding carboxylic acids is 1. The van der Waals surface area contributed by atoms with E-state index in [1.165, 1.54) is 40.7 Å². The van der Waals surface area contributed by atoms with E-state index in [0.717, 1.165) is 12.1 Å². The van der Waals surface area contributed by atoms with Crippen molar-refractivity contribution in [1.82, 2.24) is 44.4 Å². The van der Waals surface area contributed by atoms with Gasteiger partial charge in [-0.3, -0.25) is 4.79 Å². The molecule has 1 saturated heterocycles. The van der Waals surface area contributed by atoms with Gasteiger partial charge in [-0.05, 0) is 24.3 Å². The number of amides is 1. The molecule has 0 aliphatic carbocycles. The monoisotopic (exact) mass is 757 g/mol. The van der Waals surface area contributed by atoms with Crippen LogP contribution in [0, 0.1) is 11.6 Å². The van der Waals surface area contributed by atoms with Crippen LogP contribution in [0.4, 0.5) is 20.5 Å². The summed E-state index contributed by atoms with van der Waals surface area (Å²) in [5, 5.41) is 19.5. The topological polar surface area (TPSA) is 194 Å². The van der Waals surface area contributed by atoms with Crippen LogP contribution in [-0.4, -0.2) is 109 Å². The van der Waals surface area contributed by atoms with Crippen LogP contribution in [0.15, 0.2) is 79.9 Å². The predicted octanol–water partition coefficient (Wildman–Crippen LogP) is 2.45. The zero-order valence-electron chi connectivity index (χ0n) is 29.8. The molecule has 286 valence electrons. The summed E-state index contributed by atoms with van der Waals surface area (Å²) in [6.07, 6.45) is 4.75. The van der Waals surface area contributed by atoms with Crippen LogP contribution < -0.4 is 29.6 Å². The van der Waals surface area contributed by atoms with Crippen molar-refractivity contribution in [3.8, 4) is 23.0 Å². The number of nitrogens with zero attached hydrogens (tertiary/aromatic N) is 10. The zero-order valence-corrected chi connectivity index (χ0v) is 29.8. The van der Waals surface area contributed by atoms with Crippen LogP contribution in [0.1, 0.15) is 5.56 Å². The standard InChI is InChI=1S/C23H25N5O5.C13H12F2N6O/c1-30-18-11-14-15(12-19(18)31-2)25-23(26-21(14)24)28-9-7-27(8-10-28)22(29)20-13-32-16-5-3-4-6-17(16)33-20;14-10-1-2-11(12(15)3-10)13(22,4-20-8-16-6-18-20)5-21-9-17-7-19-21/h3-6,11-12,20H,7-10,13H2,1-2H3,(H2,24,25,26);1-3,6-9,22H,4-5H2. The molecule has 0 saturated carbocycles. The lowest BCUT2D eigenvalue weighted by Crippen LogP contribution is -2.54. The second-order valence-corrected chi connectivity index (χ2v) is 12.7. The molecule has 5 heterocycles. The number of benzene rings is 3. The Morgan fingerprint density at radius 1 is 0.909 bits per heavy atom. The lowest BCUT2D eigenvalue weighted by atomic mass is 9.93. The Morgan fingerprint density at radius 3 is 2.18 bits per heavy atom. The molecule has 1 amide bonds. The fourth-order valence-corrected chi connectivity index (χ4v) is 6.33. The van der Waals surface area contributed by atoms with Crippen LogP contribution in [0.25, 0.3) is 10.9 Å². The Hall–Kier alpha value is -6.63. The number of methoxy groups -OCH3 is 2. The number of halogens is 2. The molecule has 6 aromatic rings. The summed E-state index contributed by atoms with van der Waals surface area (Å²) in [5.41, 5.74) is 5.14. The van der Waals surface area contributed by atoms with E-state index >= 15 is 0 Å². The van der Waals surface area contributed by atoms with E-state index in [2.05, 4.69) is 30.1 Å². The number of piperazine rings is 1. The summed E-state index contributed by atoms with van der Waals surface area (Å²) in [4.78, 5) is 33.5. The summed E-state index contributed by atoms with van der Waals surface area (Å²) >= 11 is 0. The Kier molecular flexibility index (Phi) is 10.5. The number of anilines is 2. The van der Waals surface area contributed by atoms with Gasteiger partial charge < -0.3 is 39.6 Å².